The second kappa shape index (κ2) is 7.96. The van der Waals surface area contributed by atoms with Gasteiger partial charge in [0.1, 0.15) is 0 Å². The van der Waals surface area contributed by atoms with E-state index in [2.05, 4.69) is 19.2 Å². The molecule has 0 aliphatic rings. The van der Waals surface area contributed by atoms with Crippen LogP contribution in [0.1, 0.15) is 20.3 Å². The molecule has 1 aromatic rings. The van der Waals surface area contributed by atoms with Gasteiger partial charge in [-0.25, -0.2) is 0 Å². The summed E-state index contributed by atoms with van der Waals surface area (Å²) in [7, 11) is 1.66. The van der Waals surface area contributed by atoms with Crippen LogP contribution in [-0.4, -0.2) is 26.8 Å². The van der Waals surface area contributed by atoms with Crippen LogP contribution < -0.4 is 14.8 Å². The summed E-state index contributed by atoms with van der Waals surface area (Å²) >= 11 is 0. The molecule has 3 heteroatoms. The van der Waals surface area contributed by atoms with Gasteiger partial charge in [-0.1, -0.05) is 26.0 Å². The van der Waals surface area contributed by atoms with Crippen LogP contribution in [0.5, 0.6) is 11.5 Å². The van der Waals surface area contributed by atoms with E-state index in [1.807, 2.05) is 24.3 Å². The Balaban J connectivity index is 2.17. The van der Waals surface area contributed by atoms with Crippen LogP contribution in [0.4, 0.5) is 0 Å². The fourth-order valence-corrected chi connectivity index (χ4v) is 1.51. The van der Waals surface area contributed by atoms with Gasteiger partial charge in [-0.3, -0.25) is 0 Å². The summed E-state index contributed by atoms with van der Waals surface area (Å²) in [6.07, 6.45) is 1.00. The summed E-state index contributed by atoms with van der Waals surface area (Å²) in [4.78, 5) is 0. The highest BCUT2D eigenvalue weighted by Gasteiger charge is 2.01. The fraction of sp³-hybridized carbons (Fsp3) is 0.571. The van der Waals surface area contributed by atoms with E-state index in [1.54, 1.807) is 7.11 Å². The predicted molar refractivity (Wildman–Crippen MR) is 70.8 cm³/mol. The first-order valence-corrected chi connectivity index (χ1v) is 6.20. The molecule has 0 aliphatic carbocycles. The maximum Gasteiger partial charge on any atom is 0.161 e. The summed E-state index contributed by atoms with van der Waals surface area (Å²) in [6, 6.07) is 7.73. The first-order valence-electron chi connectivity index (χ1n) is 6.20. The standard InChI is InChI=1S/C14H23NO2/c1-12(2)11-15-9-6-10-17-14-8-5-4-7-13(14)16-3/h4-5,7-8,12,15H,6,9-11H2,1-3H3. The number of methoxy groups -OCH3 is 1. The summed E-state index contributed by atoms with van der Waals surface area (Å²) in [5.41, 5.74) is 0. The maximum atomic E-state index is 5.67. The van der Waals surface area contributed by atoms with E-state index in [-0.39, 0.29) is 0 Å². The van der Waals surface area contributed by atoms with Gasteiger partial charge in [0.05, 0.1) is 13.7 Å². The number of hydrogen-bond donors (Lipinski definition) is 1. The number of para-hydroxylation sites is 2. The van der Waals surface area contributed by atoms with Crippen LogP contribution >= 0.6 is 0 Å². The van der Waals surface area contributed by atoms with Crippen molar-refractivity contribution >= 4 is 0 Å². The maximum absolute atomic E-state index is 5.67. The van der Waals surface area contributed by atoms with Crippen LogP contribution in [0, 0.1) is 5.92 Å². The lowest BCUT2D eigenvalue weighted by atomic mass is 10.2. The quantitative estimate of drug-likeness (QED) is 0.705. The SMILES string of the molecule is COc1ccccc1OCCCNCC(C)C. The van der Waals surface area contributed by atoms with Crippen molar-refractivity contribution < 1.29 is 9.47 Å². The Morgan fingerprint density at radius 1 is 1.18 bits per heavy atom. The van der Waals surface area contributed by atoms with Crippen LogP contribution in [0.25, 0.3) is 0 Å². The second-order valence-corrected chi connectivity index (χ2v) is 4.45. The van der Waals surface area contributed by atoms with Gasteiger partial charge < -0.3 is 14.8 Å². The molecule has 0 spiro atoms. The number of benzene rings is 1. The molecule has 1 rings (SSSR count). The van der Waals surface area contributed by atoms with E-state index in [1.165, 1.54) is 0 Å². The zero-order chi connectivity index (χ0) is 12.5. The molecule has 0 saturated carbocycles. The molecule has 0 aliphatic heterocycles. The second-order valence-electron chi connectivity index (χ2n) is 4.45. The van der Waals surface area contributed by atoms with Crippen molar-refractivity contribution in [1.29, 1.82) is 0 Å². The molecule has 17 heavy (non-hydrogen) atoms. The highest BCUT2D eigenvalue weighted by Crippen LogP contribution is 2.25. The molecule has 0 radical (unpaired) electrons. The van der Waals surface area contributed by atoms with Gasteiger partial charge in [-0.2, -0.15) is 0 Å². The first kappa shape index (κ1) is 13.8. The van der Waals surface area contributed by atoms with Crippen molar-refractivity contribution in [1.82, 2.24) is 5.32 Å². The van der Waals surface area contributed by atoms with Gasteiger partial charge in [-0.05, 0) is 37.6 Å². The van der Waals surface area contributed by atoms with Crippen molar-refractivity contribution in [2.75, 3.05) is 26.8 Å². The number of hydrogen-bond acceptors (Lipinski definition) is 3. The Morgan fingerprint density at radius 2 is 1.88 bits per heavy atom. The minimum absolute atomic E-state index is 0.699. The smallest absolute Gasteiger partial charge is 0.161 e. The molecule has 0 unspecified atom stereocenters. The van der Waals surface area contributed by atoms with E-state index in [4.69, 9.17) is 9.47 Å². The Labute approximate surface area is 104 Å². The molecule has 0 atom stereocenters. The molecule has 0 heterocycles. The number of ether oxygens (including phenoxy) is 2. The van der Waals surface area contributed by atoms with Gasteiger partial charge in [0.2, 0.25) is 0 Å². The molecular weight excluding hydrogens is 214 g/mol. The molecule has 0 aromatic heterocycles. The van der Waals surface area contributed by atoms with Crippen LogP contribution in [0.15, 0.2) is 24.3 Å². The third kappa shape index (κ3) is 5.59. The Hall–Kier alpha value is -1.22. The lowest BCUT2D eigenvalue weighted by Gasteiger charge is -2.11. The summed E-state index contributed by atoms with van der Waals surface area (Å²) < 4.78 is 10.9. The number of nitrogens with one attached hydrogen (secondary N) is 1. The molecule has 3 nitrogen and oxygen atoms in total. The van der Waals surface area contributed by atoms with Gasteiger partial charge in [0, 0.05) is 0 Å². The molecule has 96 valence electrons. The highest BCUT2D eigenvalue weighted by atomic mass is 16.5. The topological polar surface area (TPSA) is 30.5 Å². The van der Waals surface area contributed by atoms with Crippen molar-refractivity contribution in [2.45, 2.75) is 20.3 Å². The largest absolute Gasteiger partial charge is 0.493 e. The zero-order valence-electron chi connectivity index (χ0n) is 11.0. The molecule has 0 fully saturated rings. The van der Waals surface area contributed by atoms with Crippen molar-refractivity contribution in [3.05, 3.63) is 24.3 Å². The van der Waals surface area contributed by atoms with E-state index in [9.17, 15) is 0 Å². The monoisotopic (exact) mass is 237 g/mol. The van der Waals surface area contributed by atoms with Crippen molar-refractivity contribution in [3.63, 3.8) is 0 Å². The minimum atomic E-state index is 0.699. The van der Waals surface area contributed by atoms with Gasteiger partial charge >= 0.3 is 0 Å². The average Bonchev–Trinajstić information content (AvgIpc) is 2.33. The molecule has 0 bridgehead atoms. The van der Waals surface area contributed by atoms with Crippen LogP contribution in [0.3, 0.4) is 0 Å². The normalized spacial score (nSPS) is 10.6. The molecule has 1 N–H and O–H groups in total. The minimum Gasteiger partial charge on any atom is -0.493 e. The van der Waals surface area contributed by atoms with E-state index >= 15 is 0 Å². The third-order valence-corrected chi connectivity index (χ3v) is 2.38. The third-order valence-electron chi connectivity index (χ3n) is 2.38. The van der Waals surface area contributed by atoms with Gasteiger partial charge in [-0.15, -0.1) is 0 Å². The Kier molecular flexibility index (Phi) is 6.48. The van der Waals surface area contributed by atoms with E-state index < -0.39 is 0 Å². The Bertz CT molecular complexity index is 313. The van der Waals surface area contributed by atoms with E-state index in [0.717, 1.165) is 31.0 Å². The molecule has 0 saturated heterocycles. The van der Waals surface area contributed by atoms with Crippen LogP contribution in [0.2, 0.25) is 0 Å². The van der Waals surface area contributed by atoms with Crippen molar-refractivity contribution in [3.8, 4) is 11.5 Å². The van der Waals surface area contributed by atoms with Gasteiger partial charge in [0.15, 0.2) is 11.5 Å². The van der Waals surface area contributed by atoms with E-state index in [0.29, 0.717) is 12.5 Å². The Morgan fingerprint density at radius 3 is 2.53 bits per heavy atom. The molecule has 0 amide bonds. The summed E-state index contributed by atoms with van der Waals surface area (Å²) in [5.74, 6) is 2.31. The summed E-state index contributed by atoms with van der Waals surface area (Å²) in [5, 5.41) is 3.39. The van der Waals surface area contributed by atoms with Crippen LogP contribution in [-0.2, 0) is 0 Å². The van der Waals surface area contributed by atoms with Gasteiger partial charge in [0.25, 0.3) is 0 Å². The molecule has 1 aromatic carbocycles. The average molecular weight is 237 g/mol. The van der Waals surface area contributed by atoms with Crippen molar-refractivity contribution in [2.24, 2.45) is 5.92 Å². The molecular formula is C14H23NO2. The highest BCUT2D eigenvalue weighted by molar-refractivity contribution is 5.39. The lowest BCUT2D eigenvalue weighted by Crippen LogP contribution is -2.22. The summed E-state index contributed by atoms with van der Waals surface area (Å²) in [6.45, 7) is 7.18. The number of rotatable bonds is 8. The predicted octanol–water partition coefficient (Wildman–Crippen LogP) is 2.71. The zero-order valence-corrected chi connectivity index (χ0v) is 11.0. The first-order chi connectivity index (χ1) is 8.24. The fourth-order valence-electron chi connectivity index (χ4n) is 1.51. The lowest BCUT2D eigenvalue weighted by molar-refractivity contribution is 0.287.